The van der Waals surface area contributed by atoms with Crippen molar-refractivity contribution >= 4 is 5.57 Å². The molecule has 0 fully saturated rings. The summed E-state index contributed by atoms with van der Waals surface area (Å²) in [6.07, 6.45) is 11.5. The zero-order valence-corrected chi connectivity index (χ0v) is 17.1. The Morgan fingerprint density at radius 1 is 1.04 bits per heavy atom. The van der Waals surface area contributed by atoms with Crippen molar-refractivity contribution in [3.8, 4) is 5.75 Å². The van der Waals surface area contributed by atoms with Crippen molar-refractivity contribution in [3.63, 3.8) is 0 Å². The molecule has 0 amide bonds. The Balaban J connectivity index is 2.05. The normalized spacial score (nSPS) is 15.0. The molecule has 0 heterocycles. The monoisotopic (exact) mass is 353 g/mol. The molecule has 1 aromatic rings. The second-order valence-corrected chi connectivity index (χ2v) is 6.96. The predicted octanol–water partition coefficient (Wildman–Crippen LogP) is 6.26. The molecule has 2 rings (SSSR count). The van der Waals surface area contributed by atoms with Crippen LogP contribution in [0.1, 0.15) is 58.9 Å². The average molecular weight is 354 g/mol. The molecule has 2 heteroatoms. The van der Waals surface area contributed by atoms with Crippen molar-refractivity contribution in [1.82, 2.24) is 4.90 Å². The molecule has 0 saturated heterocycles. The molecule has 1 aromatic carbocycles. The van der Waals surface area contributed by atoms with Gasteiger partial charge in [-0.2, -0.15) is 0 Å². The molecule has 0 aromatic heterocycles. The van der Waals surface area contributed by atoms with Gasteiger partial charge in [0, 0.05) is 6.54 Å². The van der Waals surface area contributed by atoms with Gasteiger partial charge in [-0.3, -0.25) is 0 Å². The van der Waals surface area contributed by atoms with E-state index in [1.807, 2.05) is 0 Å². The molecular weight excluding hydrogens is 318 g/mol. The summed E-state index contributed by atoms with van der Waals surface area (Å²) in [7, 11) is 0. The maximum Gasteiger partial charge on any atom is 0.119 e. The van der Waals surface area contributed by atoms with E-state index in [2.05, 4.69) is 75.1 Å². The summed E-state index contributed by atoms with van der Waals surface area (Å²) in [5.41, 5.74) is 5.47. The number of hydrogen-bond acceptors (Lipinski definition) is 2. The maximum absolute atomic E-state index is 5.97. The molecule has 142 valence electrons. The lowest BCUT2D eigenvalue weighted by molar-refractivity contribution is 0.216. The van der Waals surface area contributed by atoms with Crippen LogP contribution in [0.4, 0.5) is 0 Å². The van der Waals surface area contributed by atoms with E-state index in [1.54, 1.807) is 0 Å². The van der Waals surface area contributed by atoms with Crippen LogP contribution in [0, 0.1) is 0 Å². The van der Waals surface area contributed by atoms with Crippen LogP contribution < -0.4 is 4.74 Å². The van der Waals surface area contributed by atoms with E-state index in [0.717, 1.165) is 51.3 Å². The lowest BCUT2D eigenvalue weighted by atomic mass is 9.89. The number of allylic oxidation sites excluding steroid dienone is 6. The van der Waals surface area contributed by atoms with Crippen LogP contribution >= 0.6 is 0 Å². The Kier molecular flexibility index (Phi) is 8.70. The Morgan fingerprint density at radius 2 is 1.81 bits per heavy atom. The first-order valence-electron chi connectivity index (χ1n) is 10.2. The molecule has 0 unspecified atom stereocenters. The summed E-state index contributed by atoms with van der Waals surface area (Å²) in [4.78, 5) is 2.43. The maximum atomic E-state index is 5.97. The third kappa shape index (κ3) is 5.88. The minimum atomic E-state index is 0.748. The Morgan fingerprint density at radius 3 is 2.38 bits per heavy atom. The fourth-order valence-corrected chi connectivity index (χ4v) is 3.39. The molecule has 0 atom stereocenters. The van der Waals surface area contributed by atoms with Crippen LogP contribution in [-0.2, 0) is 0 Å². The highest BCUT2D eigenvalue weighted by Crippen LogP contribution is 2.32. The summed E-state index contributed by atoms with van der Waals surface area (Å²) in [6, 6.07) is 8.64. The minimum absolute atomic E-state index is 0.748. The first-order chi connectivity index (χ1) is 12.7. The van der Waals surface area contributed by atoms with E-state index in [-0.39, 0.29) is 0 Å². The molecule has 2 nitrogen and oxygen atoms in total. The van der Waals surface area contributed by atoms with Crippen LogP contribution in [0.3, 0.4) is 0 Å². The topological polar surface area (TPSA) is 12.5 Å². The number of ether oxygens (including phenoxy) is 1. The molecule has 0 spiro atoms. The number of rotatable bonds is 10. The summed E-state index contributed by atoms with van der Waals surface area (Å²) in [5, 5.41) is 0. The zero-order valence-electron chi connectivity index (χ0n) is 17.1. The van der Waals surface area contributed by atoms with Gasteiger partial charge in [-0.15, -0.1) is 0 Å². The second-order valence-electron chi connectivity index (χ2n) is 6.96. The van der Waals surface area contributed by atoms with Gasteiger partial charge < -0.3 is 9.64 Å². The van der Waals surface area contributed by atoms with Crippen molar-refractivity contribution in [2.45, 2.75) is 53.4 Å². The van der Waals surface area contributed by atoms with Crippen LogP contribution in [0.5, 0.6) is 5.75 Å². The molecule has 1 aliphatic carbocycles. The van der Waals surface area contributed by atoms with Gasteiger partial charge in [0.15, 0.2) is 0 Å². The molecule has 0 radical (unpaired) electrons. The Bertz CT molecular complexity index is 637. The van der Waals surface area contributed by atoms with E-state index in [1.165, 1.54) is 28.7 Å². The van der Waals surface area contributed by atoms with Gasteiger partial charge in [0.25, 0.3) is 0 Å². The van der Waals surface area contributed by atoms with Gasteiger partial charge in [0.05, 0.1) is 0 Å². The van der Waals surface area contributed by atoms with Crippen LogP contribution in [0.25, 0.3) is 5.57 Å². The Hall–Kier alpha value is -1.80. The summed E-state index contributed by atoms with van der Waals surface area (Å²) in [6.45, 7) is 12.9. The molecular formula is C24H35NO. The smallest absolute Gasteiger partial charge is 0.119 e. The van der Waals surface area contributed by atoms with Gasteiger partial charge in [0.1, 0.15) is 12.4 Å². The molecule has 0 aliphatic heterocycles. The lowest BCUT2D eigenvalue weighted by Crippen LogP contribution is -2.28. The van der Waals surface area contributed by atoms with E-state index in [0.29, 0.717) is 0 Å². The van der Waals surface area contributed by atoms with Gasteiger partial charge >= 0.3 is 0 Å². The fourth-order valence-electron chi connectivity index (χ4n) is 3.39. The largest absolute Gasteiger partial charge is 0.492 e. The lowest BCUT2D eigenvalue weighted by Gasteiger charge is -2.20. The predicted molar refractivity (Wildman–Crippen MR) is 114 cm³/mol. The molecule has 1 aliphatic rings. The number of hydrogen-bond donors (Lipinski definition) is 0. The SMILES string of the molecule is CCCN(CC)CCOc1ccc(/C(C2=CCCC=C2)=C(/C)CC)cc1. The van der Waals surface area contributed by atoms with Crippen LogP contribution in [-0.4, -0.2) is 31.1 Å². The van der Waals surface area contributed by atoms with Crippen molar-refractivity contribution in [2.75, 3.05) is 26.2 Å². The number of likely N-dealkylation sites (N-methyl/N-ethyl adjacent to an activating group) is 1. The van der Waals surface area contributed by atoms with Crippen molar-refractivity contribution < 1.29 is 4.74 Å². The number of benzene rings is 1. The molecule has 26 heavy (non-hydrogen) atoms. The molecule has 0 saturated carbocycles. The zero-order chi connectivity index (χ0) is 18.8. The van der Waals surface area contributed by atoms with E-state index in [9.17, 15) is 0 Å². The van der Waals surface area contributed by atoms with E-state index >= 15 is 0 Å². The van der Waals surface area contributed by atoms with Gasteiger partial charge in [-0.1, -0.05) is 56.7 Å². The van der Waals surface area contributed by atoms with E-state index < -0.39 is 0 Å². The van der Waals surface area contributed by atoms with Crippen LogP contribution in [0.15, 0.2) is 53.6 Å². The quantitative estimate of drug-likeness (QED) is 0.492. The molecule has 0 N–H and O–H groups in total. The summed E-state index contributed by atoms with van der Waals surface area (Å²) in [5.74, 6) is 0.961. The van der Waals surface area contributed by atoms with Crippen LogP contribution in [0.2, 0.25) is 0 Å². The second kappa shape index (κ2) is 11.0. The van der Waals surface area contributed by atoms with Crippen molar-refractivity contribution in [3.05, 3.63) is 59.2 Å². The average Bonchev–Trinajstić information content (AvgIpc) is 2.69. The van der Waals surface area contributed by atoms with Crippen molar-refractivity contribution in [2.24, 2.45) is 0 Å². The van der Waals surface area contributed by atoms with Gasteiger partial charge in [-0.25, -0.2) is 0 Å². The van der Waals surface area contributed by atoms with Gasteiger partial charge in [-0.05, 0) is 74.5 Å². The summed E-state index contributed by atoms with van der Waals surface area (Å²) < 4.78 is 5.97. The van der Waals surface area contributed by atoms with Crippen molar-refractivity contribution in [1.29, 1.82) is 0 Å². The standard InChI is InChI=1S/C24H35NO/c1-5-17-25(7-3)18-19-26-23-15-13-22(14-16-23)24(20(4)6-2)21-11-9-8-10-12-21/h9,11-16H,5-8,10,17-19H2,1-4H3/b24-20-. The first-order valence-corrected chi connectivity index (χ1v) is 10.2. The highest BCUT2D eigenvalue weighted by atomic mass is 16.5. The highest BCUT2D eigenvalue weighted by molar-refractivity contribution is 5.84. The molecule has 0 bridgehead atoms. The highest BCUT2D eigenvalue weighted by Gasteiger charge is 2.11. The van der Waals surface area contributed by atoms with Gasteiger partial charge in [0.2, 0.25) is 0 Å². The number of nitrogens with zero attached hydrogens (tertiary/aromatic N) is 1. The summed E-state index contributed by atoms with van der Waals surface area (Å²) >= 11 is 0. The van der Waals surface area contributed by atoms with E-state index in [4.69, 9.17) is 4.74 Å². The fraction of sp³-hybridized carbons (Fsp3) is 0.500. The minimum Gasteiger partial charge on any atom is -0.492 e. The first kappa shape index (κ1) is 20.5. The third-order valence-electron chi connectivity index (χ3n) is 5.05. The Labute approximate surface area is 160 Å². The third-order valence-corrected chi connectivity index (χ3v) is 5.05.